The molecule has 0 fully saturated rings. The molecule has 4 rings (SSSR count). The Morgan fingerprint density at radius 1 is 0.971 bits per heavy atom. The van der Waals surface area contributed by atoms with Gasteiger partial charge in [0.25, 0.3) is 0 Å². The van der Waals surface area contributed by atoms with Crippen molar-refractivity contribution in [1.29, 1.82) is 0 Å². The van der Waals surface area contributed by atoms with Gasteiger partial charge in [0, 0.05) is 24.0 Å². The highest BCUT2D eigenvalue weighted by molar-refractivity contribution is 8.00. The van der Waals surface area contributed by atoms with Crippen LogP contribution in [0.2, 0.25) is 0 Å². The van der Waals surface area contributed by atoms with Crippen LogP contribution in [0.3, 0.4) is 0 Å². The topological polar surface area (TPSA) is 66.4 Å². The van der Waals surface area contributed by atoms with E-state index < -0.39 is 0 Å². The summed E-state index contributed by atoms with van der Waals surface area (Å²) in [6.07, 6.45) is 2.82. The Balaban J connectivity index is 1.41. The molecular weight excluding hydrogens is 474 g/mol. The largest absolute Gasteiger partial charge is 0.395 e. The second kappa shape index (κ2) is 12.8. The monoisotopic (exact) mass is 503 g/mol. The van der Waals surface area contributed by atoms with E-state index in [0.717, 1.165) is 28.0 Å². The summed E-state index contributed by atoms with van der Waals surface area (Å²) in [7, 11) is 0. The van der Waals surface area contributed by atoms with Crippen LogP contribution in [0.4, 0.5) is 0 Å². The molecule has 3 aromatic rings. The molecule has 0 saturated heterocycles. The van der Waals surface area contributed by atoms with Crippen LogP contribution in [0, 0.1) is 0 Å². The van der Waals surface area contributed by atoms with Gasteiger partial charge in [0.05, 0.1) is 18.1 Å². The van der Waals surface area contributed by atoms with E-state index >= 15 is 0 Å². The molecular formula is C29H29NO3S2. The molecule has 4 nitrogen and oxygen atoms in total. The number of rotatable bonds is 10. The lowest BCUT2D eigenvalue weighted by molar-refractivity contribution is -0.118. The van der Waals surface area contributed by atoms with Gasteiger partial charge >= 0.3 is 0 Å². The first kappa shape index (κ1) is 25.3. The number of hydrogen-bond acceptors (Lipinski definition) is 5. The first-order valence-electron chi connectivity index (χ1n) is 11.7. The number of aliphatic hydroxyl groups excluding tert-OH is 1. The van der Waals surface area contributed by atoms with Crippen LogP contribution in [0.15, 0.2) is 90.5 Å². The van der Waals surface area contributed by atoms with E-state index in [0.29, 0.717) is 24.5 Å². The van der Waals surface area contributed by atoms with Crippen LogP contribution < -0.4 is 5.32 Å². The Morgan fingerprint density at radius 3 is 2.54 bits per heavy atom. The third-order valence-electron chi connectivity index (χ3n) is 5.78. The van der Waals surface area contributed by atoms with E-state index in [1.807, 2.05) is 18.2 Å². The first-order valence-corrected chi connectivity index (χ1v) is 13.9. The average Bonchev–Trinajstić information content (AvgIpc) is 2.90. The third kappa shape index (κ3) is 7.34. The first-order chi connectivity index (χ1) is 17.1. The van der Waals surface area contributed by atoms with Gasteiger partial charge in [-0.15, -0.1) is 23.5 Å². The Hall–Kier alpha value is -2.80. The highest BCUT2D eigenvalue weighted by Crippen LogP contribution is 2.37. The fourth-order valence-corrected chi connectivity index (χ4v) is 5.88. The number of thioether (sulfide) groups is 2. The highest BCUT2D eigenvalue weighted by atomic mass is 32.2. The van der Waals surface area contributed by atoms with Crippen molar-refractivity contribution < 1.29 is 14.7 Å². The van der Waals surface area contributed by atoms with Gasteiger partial charge < -0.3 is 10.4 Å². The molecule has 1 aliphatic heterocycles. The smallest absolute Gasteiger partial charge is 0.230 e. The second-order valence-corrected chi connectivity index (χ2v) is 10.5. The molecule has 1 heterocycles. The Morgan fingerprint density at radius 2 is 1.77 bits per heavy atom. The van der Waals surface area contributed by atoms with E-state index in [-0.39, 0.29) is 23.5 Å². The zero-order valence-corrected chi connectivity index (χ0v) is 21.1. The molecule has 180 valence electrons. The second-order valence-electron chi connectivity index (χ2n) is 8.40. The molecule has 1 amide bonds. The predicted octanol–water partition coefficient (Wildman–Crippen LogP) is 5.22. The summed E-state index contributed by atoms with van der Waals surface area (Å²) in [6, 6.07) is 27.2. The van der Waals surface area contributed by atoms with Gasteiger partial charge in [-0.25, -0.2) is 0 Å². The minimum absolute atomic E-state index is 0.0399. The van der Waals surface area contributed by atoms with Gasteiger partial charge in [0.1, 0.15) is 0 Å². The molecule has 3 aromatic carbocycles. The molecule has 0 aromatic heterocycles. The van der Waals surface area contributed by atoms with E-state index in [2.05, 4.69) is 72.1 Å². The minimum Gasteiger partial charge on any atom is -0.395 e. The van der Waals surface area contributed by atoms with Gasteiger partial charge in [-0.1, -0.05) is 78.9 Å². The lowest BCUT2D eigenvalue weighted by Gasteiger charge is -2.21. The maximum Gasteiger partial charge on any atom is 0.230 e. The van der Waals surface area contributed by atoms with Crippen LogP contribution in [0.25, 0.3) is 11.1 Å². The number of aliphatic hydroxyl groups is 1. The van der Waals surface area contributed by atoms with Crippen LogP contribution in [0.1, 0.15) is 21.9 Å². The summed E-state index contributed by atoms with van der Waals surface area (Å²) in [5, 5.41) is 11.6. The van der Waals surface area contributed by atoms with Gasteiger partial charge in [-0.3, -0.25) is 9.59 Å². The van der Waals surface area contributed by atoms with Crippen LogP contribution >= 0.6 is 23.5 Å². The summed E-state index contributed by atoms with van der Waals surface area (Å²) in [5.41, 5.74) is 6.74. The van der Waals surface area contributed by atoms with Crippen molar-refractivity contribution in [3.8, 4) is 11.1 Å². The Labute approximate surface area is 215 Å². The lowest BCUT2D eigenvalue weighted by atomic mass is 9.97. The number of Topliss-reactive ketones (excluding diaryl/α,β-unsaturated/α-hetero) is 1. The molecule has 1 aliphatic rings. The molecule has 0 saturated carbocycles. The molecule has 0 spiro atoms. The standard InChI is InChI=1S/C29H29NO3S2/c31-14-13-30-29(33)20-34-18-22-9-11-23(12-10-22)24-7-4-8-25(16-24)28-17-26(27(32)19-35-28)15-21-5-2-1-3-6-21/h1-12,16-17,28,31H,13-15,18-20H2,(H,30,33). The van der Waals surface area contributed by atoms with E-state index in [1.165, 1.54) is 11.1 Å². The summed E-state index contributed by atoms with van der Waals surface area (Å²) in [6.45, 7) is 0.259. The van der Waals surface area contributed by atoms with Crippen molar-refractivity contribution in [1.82, 2.24) is 5.32 Å². The summed E-state index contributed by atoms with van der Waals surface area (Å²) >= 11 is 3.24. The number of carbonyl (C=O) groups is 2. The maximum atomic E-state index is 12.5. The lowest BCUT2D eigenvalue weighted by Crippen LogP contribution is -2.27. The molecule has 0 bridgehead atoms. The number of allylic oxidation sites excluding steroid dienone is 1. The van der Waals surface area contributed by atoms with Gasteiger partial charge in [0.2, 0.25) is 5.91 Å². The van der Waals surface area contributed by atoms with Crippen molar-refractivity contribution in [3.05, 3.63) is 107 Å². The van der Waals surface area contributed by atoms with Gasteiger partial charge in [-0.2, -0.15) is 0 Å². The van der Waals surface area contributed by atoms with Crippen molar-refractivity contribution in [3.63, 3.8) is 0 Å². The predicted molar refractivity (Wildman–Crippen MR) is 147 cm³/mol. The summed E-state index contributed by atoms with van der Waals surface area (Å²) in [4.78, 5) is 24.2. The van der Waals surface area contributed by atoms with Crippen molar-refractivity contribution in [2.24, 2.45) is 0 Å². The number of hydrogen-bond donors (Lipinski definition) is 2. The number of nitrogens with one attached hydrogen (secondary N) is 1. The van der Waals surface area contributed by atoms with Crippen molar-refractivity contribution in [2.45, 2.75) is 17.4 Å². The fourth-order valence-electron chi connectivity index (χ4n) is 3.94. The van der Waals surface area contributed by atoms with E-state index in [9.17, 15) is 9.59 Å². The van der Waals surface area contributed by atoms with Gasteiger partial charge in [-0.05, 0) is 39.5 Å². The number of carbonyl (C=O) groups excluding carboxylic acids is 2. The third-order valence-corrected chi connectivity index (χ3v) is 7.98. The molecule has 35 heavy (non-hydrogen) atoms. The number of amides is 1. The molecule has 2 N–H and O–H groups in total. The van der Waals surface area contributed by atoms with Crippen LogP contribution in [0.5, 0.6) is 0 Å². The zero-order chi connectivity index (χ0) is 24.5. The summed E-state index contributed by atoms with van der Waals surface area (Å²) in [5.74, 6) is 1.82. The molecule has 0 radical (unpaired) electrons. The van der Waals surface area contributed by atoms with Gasteiger partial charge in [0.15, 0.2) is 5.78 Å². The van der Waals surface area contributed by atoms with Crippen molar-refractivity contribution in [2.75, 3.05) is 24.7 Å². The highest BCUT2D eigenvalue weighted by Gasteiger charge is 2.22. The zero-order valence-electron chi connectivity index (χ0n) is 19.5. The maximum absolute atomic E-state index is 12.5. The Kier molecular flexibility index (Phi) is 9.23. The van der Waals surface area contributed by atoms with E-state index in [1.54, 1.807) is 23.5 Å². The minimum atomic E-state index is -0.0549. The average molecular weight is 504 g/mol. The SMILES string of the molecule is O=C(CSCc1ccc(-c2cccc(C3C=C(Cc4ccccc4)C(=O)CS3)c2)cc1)NCCO. The fraction of sp³-hybridized carbons (Fsp3) is 0.241. The summed E-state index contributed by atoms with van der Waals surface area (Å²) < 4.78 is 0. The normalized spacial score (nSPS) is 15.5. The van der Waals surface area contributed by atoms with Crippen LogP contribution in [-0.2, 0) is 21.8 Å². The molecule has 1 atom stereocenters. The molecule has 1 unspecified atom stereocenters. The molecule has 6 heteroatoms. The number of ketones is 1. The molecule has 0 aliphatic carbocycles. The van der Waals surface area contributed by atoms with E-state index in [4.69, 9.17) is 5.11 Å². The van der Waals surface area contributed by atoms with Crippen LogP contribution in [-0.4, -0.2) is 41.5 Å². The quantitative estimate of drug-likeness (QED) is 0.397. The number of benzene rings is 3. The Bertz CT molecular complexity index is 1180. The van der Waals surface area contributed by atoms with Crippen molar-refractivity contribution >= 4 is 35.2 Å².